The van der Waals surface area contributed by atoms with Crippen molar-refractivity contribution in [2.75, 3.05) is 6.61 Å². The molecule has 2 aliphatic rings. The van der Waals surface area contributed by atoms with E-state index in [1.807, 2.05) is 0 Å². The fourth-order valence-electron chi connectivity index (χ4n) is 2.39. The fourth-order valence-corrected chi connectivity index (χ4v) is 2.39. The second kappa shape index (κ2) is 4.49. The van der Waals surface area contributed by atoms with Gasteiger partial charge in [0.1, 0.15) is 6.42 Å². The highest BCUT2D eigenvalue weighted by Gasteiger charge is 2.48. The number of cyclic esters (lactones) is 1. The Morgan fingerprint density at radius 1 is 1.47 bits per heavy atom. The minimum absolute atomic E-state index is 0.245. The molecule has 0 bridgehead atoms. The molecule has 1 aliphatic heterocycles. The van der Waals surface area contributed by atoms with Crippen LogP contribution in [0.4, 0.5) is 0 Å². The van der Waals surface area contributed by atoms with E-state index in [0.717, 1.165) is 12.8 Å². The van der Waals surface area contributed by atoms with E-state index in [2.05, 4.69) is 0 Å². The maximum atomic E-state index is 11.6. The van der Waals surface area contributed by atoms with Crippen LogP contribution < -0.4 is 0 Å². The van der Waals surface area contributed by atoms with Crippen molar-refractivity contribution in [3.05, 3.63) is 11.1 Å². The zero-order valence-corrected chi connectivity index (χ0v) is 9.82. The third kappa shape index (κ3) is 2.20. The van der Waals surface area contributed by atoms with Crippen molar-refractivity contribution < 1.29 is 24.2 Å². The van der Waals surface area contributed by atoms with Crippen molar-refractivity contribution >= 4 is 11.9 Å². The Labute approximate surface area is 99.4 Å². The molecule has 17 heavy (non-hydrogen) atoms. The lowest BCUT2D eigenvalue weighted by molar-refractivity contribution is -0.190. The van der Waals surface area contributed by atoms with Crippen LogP contribution in [0, 0.1) is 0 Å². The van der Waals surface area contributed by atoms with Gasteiger partial charge in [-0.15, -0.1) is 0 Å². The van der Waals surface area contributed by atoms with Crippen LogP contribution in [0.1, 0.15) is 39.0 Å². The van der Waals surface area contributed by atoms with Crippen molar-refractivity contribution in [1.82, 2.24) is 0 Å². The van der Waals surface area contributed by atoms with Gasteiger partial charge in [-0.3, -0.25) is 4.79 Å². The van der Waals surface area contributed by atoms with Crippen LogP contribution in [-0.2, 0) is 19.1 Å². The molecule has 1 atom stereocenters. The minimum Gasteiger partial charge on any atom is -0.466 e. The van der Waals surface area contributed by atoms with Gasteiger partial charge in [-0.05, 0) is 32.6 Å². The molecule has 2 rings (SSSR count). The lowest BCUT2D eigenvalue weighted by atomic mass is 9.87. The third-order valence-corrected chi connectivity index (χ3v) is 3.14. The van der Waals surface area contributed by atoms with E-state index in [1.54, 1.807) is 6.92 Å². The molecule has 0 amide bonds. The van der Waals surface area contributed by atoms with E-state index in [1.165, 1.54) is 0 Å². The molecule has 0 aromatic heterocycles. The van der Waals surface area contributed by atoms with Crippen LogP contribution >= 0.6 is 0 Å². The van der Waals surface area contributed by atoms with Gasteiger partial charge in [0.25, 0.3) is 0 Å². The zero-order chi connectivity index (χ0) is 12.5. The van der Waals surface area contributed by atoms with Crippen LogP contribution in [0.3, 0.4) is 0 Å². The number of esters is 2. The summed E-state index contributed by atoms with van der Waals surface area (Å²) >= 11 is 0. The number of carbonyl (C=O) groups is 2. The summed E-state index contributed by atoms with van der Waals surface area (Å²) in [6, 6.07) is 0. The lowest BCUT2D eigenvalue weighted by Gasteiger charge is -2.25. The quantitative estimate of drug-likeness (QED) is 0.746. The monoisotopic (exact) mass is 240 g/mol. The van der Waals surface area contributed by atoms with Crippen molar-refractivity contribution in [3.8, 4) is 0 Å². The molecule has 0 spiro atoms. The normalized spacial score (nSPS) is 27.8. The van der Waals surface area contributed by atoms with Crippen LogP contribution in [0.5, 0.6) is 0 Å². The van der Waals surface area contributed by atoms with E-state index < -0.39 is 17.7 Å². The molecular weight excluding hydrogens is 224 g/mol. The third-order valence-electron chi connectivity index (χ3n) is 3.14. The smallest absolute Gasteiger partial charge is 0.336 e. The topological polar surface area (TPSA) is 72.8 Å². The van der Waals surface area contributed by atoms with Gasteiger partial charge in [0.2, 0.25) is 5.79 Å². The SMILES string of the molecule is CCOC(=O)CC1(O)OC(=O)C2=C1CCCC2. The first-order valence-electron chi connectivity index (χ1n) is 5.90. The summed E-state index contributed by atoms with van der Waals surface area (Å²) in [7, 11) is 0. The largest absolute Gasteiger partial charge is 0.466 e. The maximum Gasteiger partial charge on any atom is 0.336 e. The van der Waals surface area contributed by atoms with Crippen molar-refractivity contribution in [1.29, 1.82) is 0 Å². The summed E-state index contributed by atoms with van der Waals surface area (Å²) < 4.78 is 9.73. The summed E-state index contributed by atoms with van der Waals surface area (Å²) in [4.78, 5) is 23.0. The summed E-state index contributed by atoms with van der Waals surface area (Å²) in [5.74, 6) is -2.81. The summed E-state index contributed by atoms with van der Waals surface area (Å²) in [6.07, 6.45) is 2.74. The molecule has 5 nitrogen and oxygen atoms in total. The summed E-state index contributed by atoms with van der Waals surface area (Å²) in [5.41, 5.74) is 1.12. The highest BCUT2D eigenvalue weighted by Crippen LogP contribution is 2.41. The number of aliphatic hydroxyl groups is 1. The molecule has 0 saturated heterocycles. The Balaban J connectivity index is 2.18. The minimum atomic E-state index is -1.76. The number of hydrogen-bond donors (Lipinski definition) is 1. The average Bonchev–Trinajstić information content (AvgIpc) is 2.52. The molecule has 0 saturated carbocycles. The van der Waals surface area contributed by atoms with Gasteiger partial charge in [-0.25, -0.2) is 4.79 Å². The Hall–Kier alpha value is -1.36. The molecule has 1 unspecified atom stereocenters. The van der Waals surface area contributed by atoms with E-state index in [4.69, 9.17) is 9.47 Å². The number of hydrogen-bond acceptors (Lipinski definition) is 5. The second-order valence-electron chi connectivity index (χ2n) is 4.32. The fraction of sp³-hybridized carbons (Fsp3) is 0.667. The standard InChI is InChI=1S/C12H16O5/c1-2-16-10(13)7-12(15)9-6-4-3-5-8(9)11(14)17-12/h15H,2-7H2,1H3. The average molecular weight is 240 g/mol. The molecule has 1 heterocycles. The number of rotatable bonds is 3. The first-order chi connectivity index (χ1) is 8.07. The first-order valence-corrected chi connectivity index (χ1v) is 5.90. The van der Waals surface area contributed by atoms with Crippen LogP contribution in [0.15, 0.2) is 11.1 Å². The van der Waals surface area contributed by atoms with Crippen molar-refractivity contribution in [2.45, 2.75) is 44.8 Å². The van der Waals surface area contributed by atoms with Crippen molar-refractivity contribution in [3.63, 3.8) is 0 Å². The zero-order valence-electron chi connectivity index (χ0n) is 9.82. The van der Waals surface area contributed by atoms with Crippen LogP contribution in [0.25, 0.3) is 0 Å². The molecule has 94 valence electrons. The molecule has 0 aromatic carbocycles. The Bertz CT molecular complexity index is 384. The van der Waals surface area contributed by atoms with Crippen LogP contribution in [0.2, 0.25) is 0 Å². The second-order valence-corrected chi connectivity index (χ2v) is 4.32. The van der Waals surface area contributed by atoms with Gasteiger partial charge in [0.15, 0.2) is 0 Å². The summed E-state index contributed by atoms with van der Waals surface area (Å²) in [6.45, 7) is 1.93. The molecule has 0 aromatic rings. The first kappa shape index (κ1) is 12.1. The molecule has 1 N–H and O–H groups in total. The number of ether oxygens (including phenoxy) is 2. The van der Waals surface area contributed by atoms with Gasteiger partial charge in [-0.2, -0.15) is 0 Å². The predicted octanol–water partition coefficient (Wildman–Crippen LogP) is 1.06. The van der Waals surface area contributed by atoms with E-state index >= 15 is 0 Å². The van der Waals surface area contributed by atoms with E-state index in [0.29, 0.717) is 24.0 Å². The lowest BCUT2D eigenvalue weighted by Crippen LogP contribution is -2.35. The Kier molecular flexibility index (Phi) is 3.19. The van der Waals surface area contributed by atoms with Gasteiger partial charge in [0.05, 0.1) is 6.61 Å². The molecule has 0 radical (unpaired) electrons. The Morgan fingerprint density at radius 2 is 2.18 bits per heavy atom. The maximum absolute atomic E-state index is 11.6. The van der Waals surface area contributed by atoms with Gasteiger partial charge in [0, 0.05) is 11.1 Å². The van der Waals surface area contributed by atoms with Gasteiger partial charge < -0.3 is 14.6 Å². The Morgan fingerprint density at radius 3 is 2.88 bits per heavy atom. The van der Waals surface area contributed by atoms with Gasteiger partial charge >= 0.3 is 11.9 Å². The predicted molar refractivity (Wildman–Crippen MR) is 57.8 cm³/mol. The van der Waals surface area contributed by atoms with E-state index in [-0.39, 0.29) is 13.0 Å². The highest BCUT2D eigenvalue weighted by atomic mass is 16.7. The van der Waals surface area contributed by atoms with Gasteiger partial charge in [-0.1, -0.05) is 0 Å². The highest BCUT2D eigenvalue weighted by molar-refractivity contribution is 5.93. The van der Waals surface area contributed by atoms with Crippen LogP contribution in [-0.4, -0.2) is 29.4 Å². The molecule has 5 heteroatoms. The molecule has 0 fully saturated rings. The number of carbonyl (C=O) groups excluding carboxylic acids is 2. The molecular formula is C12H16O5. The molecule has 1 aliphatic carbocycles. The van der Waals surface area contributed by atoms with E-state index in [9.17, 15) is 14.7 Å². The van der Waals surface area contributed by atoms with Crippen molar-refractivity contribution in [2.24, 2.45) is 0 Å². The summed E-state index contributed by atoms with van der Waals surface area (Å²) in [5, 5.41) is 10.3.